The highest BCUT2D eigenvalue weighted by molar-refractivity contribution is 4.63. The van der Waals surface area contributed by atoms with Crippen molar-refractivity contribution in [3.8, 4) is 0 Å². The van der Waals surface area contributed by atoms with Crippen molar-refractivity contribution in [1.82, 2.24) is 0 Å². The molecule has 0 saturated heterocycles. The van der Waals surface area contributed by atoms with Crippen LogP contribution in [0.2, 0.25) is 0 Å². The van der Waals surface area contributed by atoms with Gasteiger partial charge in [0.15, 0.2) is 0 Å². The zero-order valence-electron chi connectivity index (χ0n) is 8.94. The Balaban J connectivity index is 2.73. The monoisotopic (exact) mass is 169 g/mol. The van der Waals surface area contributed by atoms with Crippen molar-refractivity contribution < 1.29 is 0 Å². The molecule has 0 heteroatoms. The first-order valence-corrected chi connectivity index (χ1v) is 5.73. The van der Waals surface area contributed by atoms with Gasteiger partial charge in [0.05, 0.1) is 0 Å². The molecule has 0 unspecified atom stereocenters. The largest absolute Gasteiger partial charge is 0.0654 e. The summed E-state index contributed by atoms with van der Waals surface area (Å²) < 4.78 is 0. The third-order valence-electron chi connectivity index (χ3n) is 2.27. The van der Waals surface area contributed by atoms with Gasteiger partial charge < -0.3 is 0 Å². The molecule has 0 nitrogen and oxygen atoms in total. The van der Waals surface area contributed by atoms with Crippen molar-refractivity contribution in [2.24, 2.45) is 0 Å². The maximum Gasteiger partial charge on any atom is -0.0386 e. The van der Waals surface area contributed by atoms with Crippen molar-refractivity contribution in [3.63, 3.8) is 0 Å². The Bertz CT molecular complexity index is 56.4. The van der Waals surface area contributed by atoms with Crippen LogP contribution in [0.25, 0.3) is 0 Å². The molecule has 0 rings (SSSR count). The number of rotatable bonds is 9. The van der Waals surface area contributed by atoms with Crippen LogP contribution in [0.15, 0.2) is 0 Å². The normalized spacial score (nSPS) is 10.5. The highest BCUT2D eigenvalue weighted by Crippen LogP contribution is 2.09. The quantitative estimate of drug-likeness (QED) is 0.437. The van der Waals surface area contributed by atoms with E-state index in [9.17, 15) is 0 Å². The van der Waals surface area contributed by atoms with Gasteiger partial charge in [-0.2, -0.15) is 0 Å². The fourth-order valence-electron chi connectivity index (χ4n) is 1.39. The summed E-state index contributed by atoms with van der Waals surface area (Å²) in [6.45, 7) is 4.53. The Labute approximate surface area is 78.8 Å². The zero-order chi connectivity index (χ0) is 9.07. The highest BCUT2D eigenvalue weighted by Gasteiger charge is 1.90. The minimum Gasteiger partial charge on any atom is -0.0654 e. The number of hydrogen-bond acceptors (Lipinski definition) is 0. The molecule has 1 radical (unpaired) electrons. The zero-order valence-corrected chi connectivity index (χ0v) is 8.94. The molecule has 0 aliphatic carbocycles. The Morgan fingerprint density at radius 3 is 1.92 bits per heavy atom. The van der Waals surface area contributed by atoms with Gasteiger partial charge in [-0.25, -0.2) is 0 Å². The molecule has 0 aromatic carbocycles. The molecule has 0 saturated carbocycles. The number of unbranched alkanes of at least 4 members (excludes halogenated alkanes) is 9. The van der Waals surface area contributed by atoms with Gasteiger partial charge in [0.25, 0.3) is 0 Å². The van der Waals surface area contributed by atoms with Gasteiger partial charge in [0.1, 0.15) is 0 Å². The molecule has 0 bridgehead atoms. The van der Waals surface area contributed by atoms with E-state index in [0.29, 0.717) is 0 Å². The van der Waals surface area contributed by atoms with E-state index in [2.05, 4.69) is 20.3 Å². The standard InChI is InChI=1S/C12H25/c1-3-5-7-9-11-12-10-8-6-4-2/h9H,3-8,10-12H2,1-2H3. The molecular formula is C12H25. The smallest absolute Gasteiger partial charge is 0.0386 e. The lowest BCUT2D eigenvalue weighted by Gasteiger charge is -1.99. The summed E-state index contributed by atoms with van der Waals surface area (Å²) in [5.41, 5.74) is 0. The van der Waals surface area contributed by atoms with Crippen LogP contribution in [0.5, 0.6) is 0 Å². The molecule has 0 amide bonds. The van der Waals surface area contributed by atoms with Crippen molar-refractivity contribution in [2.75, 3.05) is 0 Å². The first-order chi connectivity index (χ1) is 5.91. The van der Waals surface area contributed by atoms with Gasteiger partial charge in [-0.15, -0.1) is 0 Å². The molecule has 0 aromatic rings. The van der Waals surface area contributed by atoms with E-state index in [1.54, 1.807) is 0 Å². The van der Waals surface area contributed by atoms with E-state index in [1.165, 1.54) is 57.8 Å². The average Bonchev–Trinajstić information content (AvgIpc) is 2.10. The molecule has 0 heterocycles. The van der Waals surface area contributed by atoms with E-state index in [1.807, 2.05) is 0 Å². The van der Waals surface area contributed by atoms with Gasteiger partial charge in [0.2, 0.25) is 0 Å². The summed E-state index contributed by atoms with van der Waals surface area (Å²) in [7, 11) is 0. The third kappa shape index (κ3) is 10.0. The number of hydrogen-bond donors (Lipinski definition) is 0. The maximum atomic E-state index is 2.47. The molecule has 0 aromatic heterocycles. The molecular weight excluding hydrogens is 144 g/mol. The maximum absolute atomic E-state index is 2.47. The summed E-state index contributed by atoms with van der Waals surface area (Å²) in [5, 5.41) is 0. The SMILES string of the molecule is CCCC[CH]CCCCCCC. The molecule has 0 aliphatic heterocycles. The van der Waals surface area contributed by atoms with E-state index in [-0.39, 0.29) is 0 Å². The Hall–Kier alpha value is 0. The third-order valence-corrected chi connectivity index (χ3v) is 2.27. The van der Waals surface area contributed by atoms with Crippen molar-refractivity contribution >= 4 is 0 Å². The topological polar surface area (TPSA) is 0 Å². The van der Waals surface area contributed by atoms with Gasteiger partial charge in [-0.05, 0) is 6.42 Å². The minimum atomic E-state index is 1.34. The van der Waals surface area contributed by atoms with Crippen LogP contribution < -0.4 is 0 Å². The van der Waals surface area contributed by atoms with Crippen LogP contribution in [0, 0.1) is 6.42 Å². The molecule has 0 atom stereocenters. The summed E-state index contributed by atoms with van der Waals surface area (Å²) in [6.07, 6.45) is 15.0. The van der Waals surface area contributed by atoms with E-state index in [0.717, 1.165) is 0 Å². The minimum absolute atomic E-state index is 1.34. The van der Waals surface area contributed by atoms with Crippen LogP contribution in [-0.2, 0) is 0 Å². The molecule has 0 N–H and O–H groups in total. The Morgan fingerprint density at radius 2 is 1.25 bits per heavy atom. The second-order valence-corrected chi connectivity index (χ2v) is 3.63. The van der Waals surface area contributed by atoms with Crippen LogP contribution in [-0.4, -0.2) is 0 Å². The lowest BCUT2D eigenvalue weighted by Crippen LogP contribution is -1.81. The molecule has 0 aliphatic rings. The first-order valence-electron chi connectivity index (χ1n) is 5.73. The Kier molecular flexibility index (Phi) is 11.0. The van der Waals surface area contributed by atoms with E-state index >= 15 is 0 Å². The molecule has 73 valence electrons. The lowest BCUT2D eigenvalue weighted by atomic mass is 10.1. The molecule has 12 heavy (non-hydrogen) atoms. The van der Waals surface area contributed by atoms with Gasteiger partial charge >= 0.3 is 0 Å². The average molecular weight is 169 g/mol. The summed E-state index contributed by atoms with van der Waals surface area (Å²) in [6, 6.07) is 0. The van der Waals surface area contributed by atoms with Crippen LogP contribution in [0.1, 0.15) is 71.6 Å². The summed E-state index contributed by atoms with van der Waals surface area (Å²) in [4.78, 5) is 0. The second-order valence-electron chi connectivity index (χ2n) is 3.63. The predicted molar refractivity (Wildman–Crippen MR) is 57.2 cm³/mol. The van der Waals surface area contributed by atoms with E-state index < -0.39 is 0 Å². The summed E-state index contributed by atoms with van der Waals surface area (Å²) in [5.74, 6) is 0. The van der Waals surface area contributed by atoms with Gasteiger partial charge in [-0.3, -0.25) is 0 Å². The fourth-order valence-corrected chi connectivity index (χ4v) is 1.39. The summed E-state index contributed by atoms with van der Waals surface area (Å²) >= 11 is 0. The molecule has 0 fully saturated rings. The predicted octanol–water partition coefficient (Wildman–Crippen LogP) is 4.74. The molecule has 0 spiro atoms. The van der Waals surface area contributed by atoms with Gasteiger partial charge in [0, 0.05) is 0 Å². The Morgan fingerprint density at radius 1 is 0.667 bits per heavy atom. The van der Waals surface area contributed by atoms with Crippen molar-refractivity contribution in [1.29, 1.82) is 0 Å². The second kappa shape index (κ2) is 11.0. The highest BCUT2D eigenvalue weighted by atomic mass is 14.0. The van der Waals surface area contributed by atoms with Crippen molar-refractivity contribution in [3.05, 3.63) is 6.42 Å². The van der Waals surface area contributed by atoms with Crippen LogP contribution in [0.4, 0.5) is 0 Å². The fraction of sp³-hybridized carbons (Fsp3) is 0.917. The van der Waals surface area contributed by atoms with Crippen molar-refractivity contribution in [2.45, 2.75) is 71.6 Å². The van der Waals surface area contributed by atoms with Crippen LogP contribution in [0.3, 0.4) is 0 Å². The lowest BCUT2D eigenvalue weighted by molar-refractivity contribution is 0.617. The van der Waals surface area contributed by atoms with Gasteiger partial charge in [-0.1, -0.05) is 71.6 Å². The first kappa shape index (κ1) is 12.0. The van der Waals surface area contributed by atoms with E-state index in [4.69, 9.17) is 0 Å². The van der Waals surface area contributed by atoms with Crippen LogP contribution >= 0.6 is 0 Å².